The summed E-state index contributed by atoms with van der Waals surface area (Å²) in [6.07, 6.45) is 0. The van der Waals surface area contributed by atoms with E-state index in [1.54, 1.807) is 0 Å². The van der Waals surface area contributed by atoms with Crippen LogP contribution in [0.1, 0.15) is 0 Å². The van der Waals surface area contributed by atoms with Gasteiger partial charge in [-0.15, -0.1) is 16.4 Å². The Hall–Kier alpha value is -7.51. The van der Waals surface area contributed by atoms with Gasteiger partial charge in [0.15, 0.2) is 11.6 Å². The first kappa shape index (κ1) is 36.4. The first-order valence-electron chi connectivity index (χ1n) is 20.1. The molecule has 0 unspecified atom stereocenters. The maximum absolute atomic E-state index is 6.63. The Bertz CT molecular complexity index is 3750. The smallest absolute Gasteiger partial charge is 0.238 e. The first-order valence-corrected chi connectivity index (χ1v) is 20.1. The Labute approximate surface area is 362 Å². The highest BCUT2D eigenvalue weighted by Crippen LogP contribution is 2.38. The number of nitrogens with zero attached hydrogens (tertiary/aromatic N) is 5. The summed E-state index contributed by atoms with van der Waals surface area (Å²) in [7, 11) is 32.2. The van der Waals surface area contributed by atoms with Crippen LogP contribution in [-0.2, 0) is 0 Å². The molecule has 0 saturated carbocycles. The SMILES string of the molecule is [B]c1c([B])c([B])c(-c2nc(-c3ccc4oc5cc(-n6c7ccccc7c7ccc(-c8ccccc8)cc76)ccc5c4c3)nc(-n3c4ccccc4c4ccccc43)n2)c([B])c1[B]. The molecule has 4 heterocycles. The Balaban J connectivity index is 1.05. The monoisotopic (exact) mass is 779 g/mol. The Morgan fingerprint density at radius 3 is 1.58 bits per heavy atom. The van der Waals surface area contributed by atoms with E-state index in [4.69, 9.17) is 58.6 Å². The van der Waals surface area contributed by atoms with Gasteiger partial charge in [0.2, 0.25) is 5.95 Å². The third kappa shape index (κ3) is 5.40. The fraction of sp³-hybridized carbons (Fsp3) is 0. The molecule has 276 valence electrons. The lowest BCUT2D eigenvalue weighted by Crippen LogP contribution is -2.55. The van der Waals surface area contributed by atoms with Crippen LogP contribution in [0.2, 0.25) is 0 Å². The molecule has 62 heavy (non-hydrogen) atoms. The van der Waals surface area contributed by atoms with Crippen molar-refractivity contribution in [3.63, 3.8) is 0 Å². The van der Waals surface area contributed by atoms with Crippen molar-refractivity contribution in [2.45, 2.75) is 0 Å². The van der Waals surface area contributed by atoms with Crippen molar-refractivity contribution in [3.05, 3.63) is 158 Å². The average molecular weight is 779 g/mol. The van der Waals surface area contributed by atoms with Crippen LogP contribution in [-0.4, -0.2) is 63.3 Å². The number of benzene rings is 8. The summed E-state index contributed by atoms with van der Waals surface area (Å²) >= 11 is 0. The lowest BCUT2D eigenvalue weighted by atomic mass is 9.60. The van der Waals surface area contributed by atoms with Crippen molar-refractivity contribution < 1.29 is 4.42 Å². The van der Waals surface area contributed by atoms with Crippen LogP contribution < -0.4 is 27.3 Å². The minimum atomic E-state index is 0.107. The molecule has 0 spiro atoms. The topological polar surface area (TPSA) is 61.7 Å². The summed E-state index contributed by atoms with van der Waals surface area (Å²) in [6, 6.07) is 54.2. The molecule has 0 fully saturated rings. The lowest BCUT2D eigenvalue weighted by Gasteiger charge is -2.21. The number of furan rings is 1. The van der Waals surface area contributed by atoms with Gasteiger partial charge in [-0.1, -0.05) is 108 Å². The Kier molecular flexibility index (Phi) is 8.07. The highest BCUT2D eigenvalue weighted by atomic mass is 16.3. The molecule has 4 aromatic heterocycles. The molecule has 0 aliphatic carbocycles. The van der Waals surface area contributed by atoms with Gasteiger partial charge in [0.1, 0.15) is 50.4 Å². The van der Waals surface area contributed by atoms with E-state index in [9.17, 15) is 0 Å². The summed E-state index contributed by atoms with van der Waals surface area (Å²) in [5, 5.41) is 6.31. The second-order valence-corrected chi connectivity index (χ2v) is 15.5. The van der Waals surface area contributed by atoms with E-state index >= 15 is 0 Å². The number of rotatable bonds is 5. The summed E-state index contributed by atoms with van der Waals surface area (Å²) in [4.78, 5) is 15.2. The van der Waals surface area contributed by atoms with Crippen molar-refractivity contribution in [1.29, 1.82) is 0 Å². The van der Waals surface area contributed by atoms with Crippen LogP contribution in [0.5, 0.6) is 0 Å². The van der Waals surface area contributed by atoms with Gasteiger partial charge < -0.3 is 8.98 Å². The molecule has 6 nitrogen and oxygen atoms in total. The van der Waals surface area contributed by atoms with E-state index in [0.717, 1.165) is 77.2 Å². The molecule has 0 atom stereocenters. The Morgan fingerprint density at radius 2 is 0.903 bits per heavy atom. The fourth-order valence-corrected chi connectivity index (χ4v) is 9.04. The molecule has 0 bridgehead atoms. The van der Waals surface area contributed by atoms with Gasteiger partial charge in [0, 0.05) is 55.2 Å². The van der Waals surface area contributed by atoms with Gasteiger partial charge in [0.05, 0.1) is 22.1 Å². The molecule has 12 rings (SSSR count). The van der Waals surface area contributed by atoms with Crippen LogP contribution in [0.4, 0.5) is 0 Å². The van der Waals surface area contributed by atoms with E-state index in [0.29, 0.717) is 11.8 Å². The minimum Gasteiger partial charge on any atom is -0.456 e. The van der Waals surface area contributed by atoms with Gasteiger partial charge in [-0.05, 0) is 65.7 Å². The van der Waals surface area contributed by atoms with E-state index in [1.165, 1.54) is 10.8 Å². The van der Waals surface area contributed by atoms with Gasteiger partial charge >= 0.3 is 0 Å². The number of hydrogen-bond donors (Lipinski definition) is 0. The molecular formula is C51H26B5N5O. The minimum absolute atomic E-state index is 0.107. The van der Waals surface area contributed by atoms with Crippen molar-refractivity contribution in [1.82, 2.24) is 24.1 Å². The van der Waals surface area contributed by atoms with Crippen molar-refractivity contribution in [2.75, 3.05) is 0 Å². The fourth-order valence-electron chi connectivity index (χ4n) is 9.04. The van der Waals surface area contributed by atoms with Gasteiger partial charge in [-0.3, -0.25) is 4.57 Å². The summed E-state index contributed by atoms with van der Waals surface area (Å²) in [6.45, 7) is 0. The second kappa shape index (κ2) is 13.8. The average Bonchev–Trinajstić information content (AvgIpc) is 3.97. The van der Waals surface area contributed by atoms with E-state index in [-0.39, 0.29) is 38.7 Å². The molecule has 0 amide bonds. The number of aromatic nitrogens is 5. The maximum atomic E-state index is 6.63. The summed E-state index contributed by atoms with van der Waals surface area (Å²) in [5.41, 5.74) is 10.4. The van der Waals surface area contributed by atoms with E-state index in [1.807, 2.05) is 65.2 Å². The second-order valence-electron chi connectivity index (χ2n) is 15.5. The molecule has 0 aliphatic rings. The molecule has 0 aliphatic heterocycles. The zero-order valence-corrected chi connectivity index (χ0v) is 33.0. The quantitative estimate of drug-likeness (QED) is 0.178. The number of fused-ring (bicyclic) bond motifs is 9. The van der Waals surface area contributed by atoms with E-state index < -0.39 is 0 Å². The van der Waals surface area contributed by atoms with E-state index in [2.05, 4.69) is 102 Å². The maximum Gasteiger partial charge on any atom is 0.238 e. The van der Waals surface area contributed by atoms with Crippen LogP contribution in [0.25, 0.3) is 111 Å². The number of hydrogen-bond acceptors (Lipinski definition) is 4. The summed E-state index contributed by atoms with van der Waals surface area (Å²) in [5.74, 6) is 0.939. The van der Waals surface area contributed by atoms with Crippen LogP contribution in [0.3, 0.4) is 0 Å². The third-order valence-corrected chi connectivity index (χ3v) is 12.1. The predicted molar refractivity (Wildman–Crippen MR) is 259 cm³/mol. The molecular weight excluding hydrogens is 753 g/mol. The standard InChI is InChI=1S/C51H26B5N5O/c52-44-43(45(53)47(55)48(56)46(44)54)50-57-49(58-51(59-50)61-38-16-8-5-12-31(38)32-13-6-9-17-39(32)61)29-19-23-41-36(24-29)35-22-20-30(26-42(35)62-41)60-37-15-7-4-14-33(37)34-21-18-28(25-40(34)60)27-10-2-1-3-11-27/h1-26H. The van der Waals surface area contributed by atoms with Crippen molar-refractivity contribution in [3.8, 4) is 45.5 Å². The van der Waals surface area contributed by atoms with Crippen molar-refractivity contribution in [2.24, 2.45) is 0 Å². The van der Waals surface area contributed by atoms with Crippen LogP contribution >= 0.6 is 0 Å². The summed E-state index contributed by atoms with van der Waals surface area (Å²) < 4.78 is 10.9. The third-order valence-electron chi connectivity index (χ3n) is 12.1. The molecule has 0 saturated heterocycles. The van der Waals surface area contributed by atoms with Gasteiger partial charge in [-0.25, -0.2) is 4.98 Å². The van der Waals surface area contributed by atoms with Gasteiger partial charge in [0.25, 0.3) is 0 Å². The highest BCUT2D eigenvalue weighted by Gasteiger charge is 2.22. The van der Waals surface area contributed by atoms with Gasteiger partial charge in [-0.2, -0.15) is 9.97 Å². The lowest BCUT2D eigenvalue weighted by molar-refractivity contribution is 0.668. The highest BCUT2D eigenvalue weighted by molar-refractivity contribution is 6.68. The zero-order chi connectivity index (χ0) is 41.8. The molecule has 0 N–H and O–H groups in total. The largest absolute Gasteiger partial charge is 0.456 e. The first-order chi connectivity index (χ1) is 30.3. The molecule has 10 radical (unpaired) electrons. The number of para-hydroxylation sites is 3. The Morgan fingerprint density at radius 1 is 0.355 bits per heavy atom. The van der Waals surface area contributed by atoms with Crippen molar-refractivity contribution >= 4 is 132 Å². The normalized spacial score (nSPS) is 11.9. The molecule has 12 aromatic rings. The molecule has 11 heteroatoms. The van der Waals surface area contributed by atoms with Crippen LogP contribution in [0, 0.1) is 0 Å². The molecule has 8 aromatic carbocycles. The predicted octanol–water partition coefficient (Wildman–Crippen LogP) is 6.94. The zero-order valence-electron chi connectivity index (χ0n) is 33.0. The van der Waals surface area contributed by atoms with Crippen LogP contribution in [0.15, 0.2) is 162 Å².